The molecule has 0 radical (unpaired) electrons. The van der Waals surface area contributed by atoms with Gasteiger partial charge in [-0.15, -0.1) is 0 Å². The molecule has 15 heavy (non-hydrogen) atoms. The van der Waals surface area contributed by atoms with Crippen LogP contribution in [-0.4, -0.2) is 9.78 Å². The summed E-state index contributed by atoms with van der Waals surface area (Å²) >= 11 is 8.75. The van der Waals surface area contributed by atoms with Gasteiger partial charge in [-0.25, -0.2) is 9.07 Å². The molecule has 0 saturated heterocycles. The Balaban J connectivity index is 2.58. The summed E-state index contributed by atoms with van der Waals surface area (Å²) < 4.78 is 15.0. The first-order valence-corrected chi connectivity index (χ1v) is 5.20. The van der Waals surface area contributed by atoms with E-state index in [0.29, 0.717) is 20.9 Å². The Labute approximate surface area is 98.8 Å². The van der Waals surface area contributed by atoms with Crippen LogP contribution in [-0.2, 0) is 0 Å². The SMILES string of the molecule is Nc1cc(Br)c(F)cc1-n1cc(Cl)cn1. The van der Waals surface area contributed by atoms with Gasteiger partial charge in [0.25, 0.3) is 0 Å². The van der Waals surface area contributed by atoms with Gasteiger partial charge in [0.05, 0.1) is 27.1 Å². The number of nitrogen functional groups attached to an aromatic ring is 1. The molecule has 0 amide bonds. The number of hydrogen-bond donors (Lipinski definition) is 1. The van der Waals surface area contributed by atoms with Gasteiger partial charge in [-0.2, -0.15) is 5.10 Å². The van der Waals surface area contributed by atoms with E-state index in [1.807, 2.05) is 0 Å². The summed E-state index contributed by atoms with van der Waals surface area (Å²) in [5.74, 6) is -0.397. The quantitative estimate of drug-likeness (QED) is 0.821. The number of hydrogen-bond acceptors (Lipinski definition) is 2. The van der Waals surface area contributed by atoms with E-state index in [2.05, 4.69) is 21.0 Å². The first-order chi connectivity index (χ1) is 7.08. The summed E-state index contributed by atoms with van der Waals surface area (Å²) in [7, 11) is 0. The molecule has 0 spiro atoms. The van der Waals surface area contributed by atoms with Crippen LogP contribution in [0.5, 0.6) is 0 Å². The highest BCUT2D eigenvalue weighted by molar-refractivity contribution is 9.10. The van der Waals surface area contributed by atoms with Crippen molar-refractivity contribution in [1.29, 1.82) is 0 Å². The maximum atomic E-state index is 13.3. The van der Waals surface area contributed by atoms with Crippen LogP contribution in [0.4, 0.5) is 10.1 Å². The van der Waals surface area contributed by atoms with E-state index in [0.717, 1.165) is 0 Å². The molecule has 0 bridgehead atoms. The lowest BCUT2D eigenvalue weighted by Crippen LogP contribution is -2.01. The Morgan fingerprint density at radius 2 is 2.20 bits per heavy atom. The zero-order valence-electron chi connectivity index (χ0n) is 7.42. The molecule has 1 aromatic carbocycles. The molecular weight excluding hydrogens is 284 g/mol. The Kier molecular flexibility index (Phi) is 2.67. The fourth-order valence-electron chi connectivity index (χ4n) is 1.18. The smallest absolute Gasteiger partial charge is 0.139 e. The number of benzene rings is 1. The summed E-state index contributed by atoms with van der Waals surface area (Å²) in [5.41, 5.74) is 6.61. The number of aromatic nitrogens is 2. The molecule has 0 saturated carbocycles. The molecule has 1 heterocycles. The molecule has 0 aliphatic rings. The van der Waals surface area contributed by atoms with Crippen molar-refractivity contribution in [3.8, 4) is 5.69 Å². The van der Waals surface area contributed by atoms with Crippen LogP contribution in [0.3, 0.4) is 0 Å². The average molecular weight is 291 g/mol. The van der Waals surface area contributed by atoms with Gasteiger partial charge in [-0.1, -0.05) is 11.6 Å². The largest absolute Gasteiger partial charge is 0.397 e. The first-order valence-electron chi connectivity index (χ1n) is 4.03. The molecule has 78 valence electrons. The first kappa shape index (κ1) is 10.4. The number of nitrogens with zero attached hydrogens (tertiary/aromatic N) is 2. The van der Waals surface area contributed by atoms with E-state index in [9.17, 15) is 4.39 Å². The topological polar surface area (TPSA) is 43.8 Å². The lowest BCUT2D eigenvalue weighted by atomic mass is 10.2. The van der Waals surface area contributed by atoms with Crippen LogP contribution in [0.25, 0.3) is 5.69 Å². The number of rotatable bonds is 1. The number of halogens is 3. The molecular formula is C9H6BrClFN3. The highest BCUT2D eigenvalue weighted by Crippen LogP contribution is 2.25. The summed E-state index contributed by atoms with van der Waals surface area (Å²) in [5, 5.41) is 4.41. The van der Waals surface area contributed by atoms with E-state index in [-0.39, 0.29) is 0 Å². The van der Waals surface area contributed by atoms with Crippen molar-refractivity contribution < 1.29 is 4.39 Å². The van der Waals surface area contributed by atoms with Crippen LogP contribution in [0.2, 0.25) is 5.02 Å². The van der Waals surface area contributed by atoms with Crippen LogP contribution in [0, 0.1) is 5.82 Å². The van der Waals surface area contributed by atoms with Gasteiger partial charge in [0.1, 0.15) is 5.82 Å². The standard InChI is InChI=1S/C9H6BrClFN3/c10-6-1-8(13)9(2-7(6)12)15-4-5(11)3-14-15/h1-4H,13H2. The monoisotopic (exact) mass is 289 g/mol. The minimum absolute atomic E-state index is 0.321. The van der Waals surface area contributed by atoms with Gasteiger partial charge in [-0.3, -0.25) is 0 Å². The zero-order chi connectivity index (χ0) is 11.0. The highest BCUT2D eigenvalue weighted by Gasteiger charge is 2.08. The second-order valence-corrected chi connectivity index (χ2v) is 4.22. The minimum Gasteiger partial charge on any atom is -0.397 e. The zero-order valence-corrected chi connectivity index (χ0v) is 9.76. The molecule has 1 aromatic heterocycles. The molecule has 0 aliphatic carbocycles. The highest BCUT2D eigenvalue weighted by atomic mass is 79.9. The van der Waals surface area contributed by atoms with E-state index < -0.39 is 5.82 Å². The van der Waals surface area contributed by atoms with Gasteiger partial charge >= 0.3 is 0 Å². The van der Waals surface area contributed by atoms with E-state index in [1.165, 1.54) is 23.0 Å². The molecule has 2 aromatic rings. The van der Waals surface area contributed by atoms with Crippen molar-refractivity contribution in [3.05, 3.63) is 39.8 Å². The Morgan fingerprint density at radius 1 is 1.47 bits per heavy atom. The van der Waals surface area contributed by atoms with Crippen LogP contribution in [0.1, 0.15) is 0 Å². The molecule has 6 heteroatoms. The summed E-state index contributed by atoms with van der Waals surface area (Å²) in [6.07, 6.45) is 3.02. The summed E-state index contributed by atoms with van der Waals surface area (Å²) in [4.78, 5) is 0. The third-order valence-corrected chi connectivity index (χ3v) is 2.67. The predicted octanol–water partition coefficient (Wildman–Crippen LogP) is 3.01. The third kappa shape index (κ3) is 1.98. The van der Waals surface area contributed by atoms with Crippen molar-refractivity contribution >= 4 is 33.2 Å². The van der Waals surface area contributed by atoms with Crippen LogP contribution < -0.4 is 5.73 Å². The van der Waals surface area contributed by atoms with Gasteiger partial charge in [0, 0.05) is 12.3 Å². The second kappa shape index (κ2) is 3.83. The Bertz CT molecular complexity index is 512. The molecule has 0 unspecified atom stereocenters. The molecule has 3 nitrogen and oxygen atoms in total. The lowest BCUT2D eigenvalue weighted by molar-refractivity contribution is 0.619. The third-order valence-electron chi connectivity index (χ3n) is 1.87. The van der Waals surface area contributed by atoms with Crippen molar-refractivity contribution in [2.75, 3.05) is 5.73 Å². The fourth-order valence-corrected chi connectivity index (χ4v) is 1.68. The van der Waals surface area contributed by atoms with Gasteiger partial charge in [0.2, 0.25) is 0 Å². The number of nitrogens with two attached hydrogens (primary N) is 1. The Morgan fingerprint density at radius 3 is 2.80 bits per heavy atom. The van der Waals surface area contributed by atoms with Gasteiger partial charge in [0.15, 0.2) is 0 Å². The van der Waals surface area contributed by atoms with E-state index in [1.54, 1.807) is 6.20 Å². The molecule has 0 aliphatic heterocycles. The van der Waals surface area contributed by atoms with Gasteiger partial charge < -0.3 is 5.73 Å². The van der Waals surface area contributed by atoms with E-state index >= 15 is 0 Å². The van der Waals surface area contributed by atoms with Crippen LogP contribution in [0.15, 0.2) is 29.0 Å². The van der Waals surface area contributed by atoms with E-state index in [4.69, 9.17) is 17.3 Å². The molecule has 0 atom stereocenters. The van der Waals surface area contributed by atoms with Crippen molar-refractivity contribution in [1.82, 2.24) is 9.78 Å². The maximum Gasteiger partial charge on any atom is 0.139 e. The second-order valence-electron chi connectivity index (χ2n) is 2.93. The van der Waals surface area contributed by atoms with Crippen molar-refractivity contribution in [3.63, 3.8) is 0 Å². The summed E-state index contributed by atoms with van der Waals surface area (Å²) in [6, 6.07) is 2.78. The normalized spacial score (nSPS) is 10.6. The average Bonchev–Trinajstić information content (AvgIpc) is 2.58. The van der Waals surface area contributed by atoms with Crippen molar-refractivity contribution in [2.24, 2.45) is 0 Å². The van der Waals surface area contributed by atoms with Gasteiger partial charge in [-0.05, 0) is 22.0 Å². The minimum atomic E-state index is -0.397. The predicted molar refractivity (Wildman–Crippen MR) is 60.6 cm³/mol. The fraction of sp³-hybridized carbons (Fsp3) is 0. The molecule has 2 N–H and O–H groups in total. The lowest BCUT2D eigenvalue weighted by Gasteiger charge is -2.06. The summed E-state index contributed by atoms with van der Waals surface area (Å²) in [6.45, 7) is 0. The van der Waals surface area contributed by atoms with Crippen LogP contribution >= 0.6 is 27.5 Å². The maximum absolute atomic E-state index is 13.3. The van der Waals surface area contributed by atoms with Crippen molar-refractivity contribution in [2.45, 2.75) is 0 Å². The molecule has 0 fully saturated rings. The molecule has 2 rings (SSSR count). The Hall–Kier alpha value is -1.07. The number of anilines is 1.